The van der Waals surface area contributed by atoms with Crippen LogP contribution in [0.5, 0.6) is 0 Å². The van der Waals surface area contributed by atoms with Crippen LogP contribution in [0.4, 0.5) is 0 Å². The summed E-state index contributed by atoms with van der Waals surface area (Å²) in [7, 11) is 0.736. The van der Waals surface area contributed by atoms with Crippen LogP contribution < -0.4 is 5.73 Å². The molecule has 0 aliphatic carbocycles. The molecule has 0 amide bonds. The van der Waals surface area contributed by atoms with Crippen LogP contribution in [0.3, 0.4) is 0 Å². The number of nitrogens with two attached hydrogens (primary N) is 1. The molecule has 18 heavy (non-hydrogen) atoms. The van der Waals surface area contributed by atoms with Crippen molar-refractivity contribution in [3.8, 4) is 0 Å². The number of sulfone groups is 1. The second kappa shape index (κ2) is 6.87. The molecule has 0 saturated heterocycles. The Morgan fingerprint density at radius 3 is 2.39 bits per heavy atom. The van der Waals surface area contributed by atoms with Gasteiger partial charge in [-0.2, -0.15) is 0 Å². The standard InChI is InChI=1S/C13H22N2O2S/c1-15(2)10-6-7-12(14)11-18(16,17)13-8-4-3-5-9-13/h3-5,8-9,12H,6-7,10-11,14H2,1-2H3/t12-/m1/s1. The van der Waals surface area contributed by atoms with E-state index in [2.05, 4.69) is 4.90 Å². The monoisotopic (exact) mass is 270 g/mol. The van der Waals surface area contributed by atoms with Crippen molar-refractivity contribution in [2.75, 3.05) is 26.4 Å². The van der Waals surface area contributed by atoms with Gasteiger partial charge in [-0.3, -0.25) is 0 Å². The van der Waals surface area contributed by atoms with E-state index >= 15 is 0 Å². The first-order valence-corrected chi connectivity index (χ1v) is 7.75. The molecule has 0 aromatic heterocycles. The minimum atomic E-state index is -3.25. The van der Waals surface area contributed by atoms with E-state index in [-0.39, 0.29) is 11.8 Å². The van der Waals surface area contributed by atoms with Crippen molar-refractivity contribution in [2.45, 2.75) is 23.8 Å². The Hall–Kier alpha value is -0.910. The predicted molar refractivity (Wildman–Crippen MR) is 74.3 cm³/mol. The third-order valence-electron chi connectivity index (χ3n) is 2.72. The Morgan fingerprint density at radius 1 is 1.22 bits per heavy atom. The van der Waals surface area contributed by atoms with Crippen molar-refractivity contribution in [3.05, 3.63) is 30.3 Å². The highest BCUT2D eigenvalue weighted by Crippen LogP contribution is 2.12. The maximum absolute atomic E-state index is 12.0. The van der Waals surface area contributed by atoms with Crippen LogP contribution >= 0.6 is 0 Å². The van der Waals surface area contributed by atoms with Gasteiger partial charge in [-0.1, -0.05) is 18.2 Å². The van der Waals surface area contributed by atoms with Gasteiger partial charge < -0.3 is 10.6 Å². The van der Waals surface area contributed by atoms with Crippen molar-refractivity contribution in [2.24, 2.45) is 5.73 Å². The third-order valence-corrected chi connectivity index (χ3v) is 4.57. The van der Waals surface area contributed by atoms with Crippen LogP contribution in [0.1, 0.15) is 12.8 Å². The lowest BCUT2D eigenvalue weighted by Crippen LogP contribution is -2.30. The van der Waals surface area contributed by atoms with Gasteiger partial charge in [-0.25, -0.2) is 8.42 Å². The third kappa shape index (κ3) is 5.16. The van der Waals surface area contributed by atoms with Crippen molar-refractivity contribution < 1.29 is 8.42 Å². The maximum atomic E-state index is 12.0. The maximum Gasteiger partial charge on any atom is 0.179 e. The SMILES string of the molecule is CN(C)CCC[C@@H](N)CS(=O)(=O)c1ccccc1. The van der Waals surface area contributed by atoms with Gasteiger partial charge in [0.1, 0.15) is 0 Å². The molecule has 1 atom stereocenters. The number of hydrogen-bond donors (Lipinski definition) is 1. The molecule has 102 valence electrons. The van der Waals surface area contributed by atoms with Crippen molar-refractivity contribution in [3.63, 3.8) is 0 Å². The van der Waals surface area contributed by atoms with E-state index < -0.39 is 9.84 Å². The molecule has 0 saturated carbocycles. The second-order valence-corrected chi connectivity index (χ2v) is 6.83. The van der Waals surface area contributed by atoms with Gasteiger partial charge in [0.05, 0.1) is 10.6 Å². The fourth-order valence-corrected chi connectivity index (χ4v) is 3.25. The van der Waals surface area contributed by atoms with Gasteiger partial charge in [0.25, 0.3) is 0 Å². The Labute approximate surface area is 110 Å². The first kappa shape index (κ1) is 15.1. The Balaban J connectivity index is 2.51. The van der Waals surface area contributed by atoms with Crippen LogP contribution in [-0.4, -0.2) is 45.8 Å². The number of nitrogens with zero attached hydrogens (tertiary/aromatic N) is 1. The van der Waals surface area contributed by atoms with Gasteiger partial charge in [-0.15, -0.1) is 0 Å². The summed E-state index contributed by atoms with van der Waals surface area (Å²) in [6, 6.07) is 8.18. The van der Waals surface area contributed by atoms with Crippen molar-refractivity contribution in [1.82, 2.24) is 4.90 Å². The molecule has 0 heterocycles. The highest BCUT2D eigenvalue weighted by molar-refractivity contribution is 7.91. The van der Waals surface area contributed by atoms with Crippen molar-refractivity contribution >= 4 is 9.84 Å². The van der Waals surface area contributed by atoms with E-state index in [0.717, 1.165) is 19.4 Å². The summed E-state index contributed by atoms with van der Waals surface area (Å²) in [5.74, 6) is 0.0183. The highest BCUT2D eigenvalue weighted by Gasteiger charge is 2.18. The lowest BCUT2D eigenvalue weighted by atomic mass is 10.2. The average molecular weight is 270 g/mol. The summed E-state index contributed by atoms with van der Waals surface area (Å²) < 4.78 is 24.1. The molecule has 0 bridgehead atoms. The molecule has 1 aromatic rings. The van der Waals surface area contributed by atoms with E-state index in [0.29, 0.717) is 4.90 Å². The average Bonchev–Trinajstić information content (AvgIpc) is 2.29. The molecule has 0 aliphatic heterocycles. The summed E-state index contributed by atoms with van der Waals surface area (Å²) in [6.07, 6.45) is 1.64. The molecule has 1 rings (SSSR count). The molecule has 0 unspecified atom stereocenters. The van der Waals surface area contributed by atoms with Crippen LogP contribution in [-0.2, 0) is 9.84 Å². The molecule has 5 heteroatoms. The fraction of sp³-hybridized carbons (Fsp3) is 0.538. The zero-order valence-corrected chi connectivity index (χ0v) is 11.9. The molecule has 1 aromatic carbocycles. The quantitative estimate of drug-likeness (QED) is 0.806. The molecule has 0 fully saturated rings. The summed E-state index contributed by atoms with van der Waals surface area (Å²) in [6.45, 7) is 0.930. The van der Waals surface area contributed by atoms with E-state index in [9.17, 15) is 8.42 Å². The van der Waals surface area contributed by atoms with Gasteiger partial charge in [0.2, 0.25) is 0 Å². The van der Waals surface area contributed by atoms with E-state index in [1.165, 1.54) is 0 Å². The second-order valence-electron chi connectivity index (χ2n) is 4.80. The van der Waals surface area contributed by atoms with Crippen LogP contribution in [0.2, 0.25) is 0 Å². The Kier molecular flexibility index (Phi) is 5.78. The molecule has 0 radical (unpaired) electrons. The lowest BCUT2D eigenvalue weighted by Gasteiger charge is -2.14. The number of benzene rings is 1. The van der Waals surface area contributed by atoms with Gasteiger partial charge in [0.15, 0.2) is 9.84 Å². The van der Waals surface area contributed by atoms with E-state index in [1.807, 2.05) is 14.1 Å². The fourth-order valence-electron chi connectivity index (χ4n) is 1.76. The molecule has 0 spiro atoms. The minimum absolute atomic E-state index is 0.0183. The zero-order valence-electron chi connectivity index (χ0n) is 11.0. The summed E-state index contributed by atoms with van der Waals surface area (Å²) in [5, 5.41) is 0. The molecule has 4 nitrogen and oxygen atoms in total. The zero-order chi connectivity index (χ0) is 13.6. The molecular weight excluding hydrogens is 248 g/mol. The van der Waals surface area contributed by atoms with Gasteiger partial charge in [-0.05, 0) is 45.6 Å². The number of hydrogen-bond acceptors (Lipinski definition) is 4. The molecule has 2 N–H and O–H groups in total. The minimum Gasteiger partial charge on any atom is -0.327 e. The predicted octanol–water partition coefficient (Wildman–Crippen LogP) is 1.13. The summed E-state index contributed by atoms with van der Waals surface area (Å²) in [4.78, 5) is 2.42. The normalized spacial score (nSPS) is 13.8. The lowest BCUT2D eigenvalue weighted by molar-refractivity contribution is 0.387. The summed E-state index contributed by atoms with van der Waals surface area (Å²) in [5.41, 5.74) is 5.89. The Bertz CT molecular complexity index is 443. The van der Waals surface area contributed by atoms with Crippen molar-refractivity contribution in [1.29, 1.82) is 0 Å². The molecular formula is C13H22N2O2S. The van der Waals surface area contributed by atoms with Crippen LogP contribution in [0, 0.1) is 0 Å². The highest BCUT2D eigenvalue weighted by atomic mass is 32.2. The largest absolute Gasteiger partial charge is 0.327 e. The first-order valence-electron chi connectivity index (χ1n) is 6.10. The molecule has 0 aliphatic rings. The van der Waals surface area contributed by atoms with Gasteiger partial charge >= 0.3 is 0 Å². The van der Waals surface area contributed by atoms with Gasteiger partial charge in [0, 0.05) is 6.04 Å². The Morgan fingerprint density at radius 2 is 1.83 bits per heavy atom. The van der Waals surface area contributed by atoms with Crippen LogP contribution in [0.25, 0.3) is 0 Å². The number of rotatable bonds is 7. The van der Waals surface area contributed by atoms with E-state index in [1.54, 1.807) is 30.3 Å². The van der Waals surface area contributed by atoms with E-state index in [4.69, 9.17) is 5.73 Å². The van der Waals surface area contributed by atoms with Crippen LogP contribution in [0.15, 0.2) is 35.2 Å². The topological polar surface area (TPSA) is 63.4 Å². The first-order chi connectivity index (χ1) is 8.42. The smallest absolute Gasteiger partial charge is 0.179 e. The summed E-state index contributed by atoms with van der Waals surface area (Å²) >= 11 is 0.